The summed E-state index contributed by atoms with van der Waals surface area (Å²) in [4.78, 5) is 30.2. The van der Waals surface area contributed by atoms with Crippen molar-refractivity contribution in [1.29, 1.82) is 0 Å². The van der Waals surface area contributed by atoms with Crippen LogP contribution in [0.15, 0.2) is 66.9 Å². The third-order valence-electron chi connectivity index (χ3n) is 6.14. The van der Waals surface area contributed by atoms with Gasteiger partial charge in [-0.3, -0.25) is 9.59 Å². The van der Waals surface area contributed by atoms with E-state index in [1.165, 1.54) is 29.2 Å². The Morgan fingerprint density at radius 1 is 1.03 bits per heavy atom. The summed E-state index contributed by atoms with van der Waals surface area (Å²) in [6.07, 6.45) is 2.58. The Balaban J connectivity index is 1.77. The highest BCUT2D eigenvalue weighted by Crippen LogP contribution is 2.19. The molecule has 0 unspecified atom stereocenters. The Hall–Kier alpha value is -3.16. The molecule has 0 spiro atoms. The summed E-state index contributed by atoms with van der Waals surface area (Å²) >= 11 is 6.38. The molecule has 0 fully saturated rings. The second kappa shape index (κ2) is 14.7. The van der Waals surface area contributed by atoms with Crippen LogP contribution in [0.3, 0.4) is 0 Å². The van der Waals surface area contributed by atoms with Crippen molar-refractivity contribution >= 4 is 23.4 Å². The van der Waals surface area contributed by atoms with E-state index in [0.29, 0.717) is 56.4 Å². The highest BCUT2D eigenvalue weighted by molar-refractivity contribution is 6.31. The fourth-order valence-electron chi connectivity index (χ4n) is 4.24. The van der Waals surface area contributed by atoms with E-state index in [4.69, 9.17) is 16.3 Å². The molecule has 6 nitrogen and oxygen atoms in total. The fourth-order valence-corrected chi connectivity index (χ4v) is 4.44. The first-order valence-electron chi connectivity index (χ1n) is 13.1. The van der Waals surface area contributed by atoms with Gasteiger partial charge in [0.05, 0.1) is 6.54 Å². The fraction of sp³-hybridized carbons (Fsp3) is 0.400. The zero-order valence-corrected chi connectivity index (χ0v) is 23.2. The van der Waals surface area contributed by atoms with E-state index in [1.807, 2.05) is 49.5 Å². The minimum Gasteiger partial charge on any atom is -0.382 e. The second-order valence-corrected chi connectivity index (χ2v) is 10.1. The van der Waals surface area contributed by atoms with Crippen LogP contribution in [0.25, 0.3) is 0 Å². The average molecular weight is 542 g/mol. The molecule has 1 aromatic heterocycles. The van der Waals surface area contributed by atoms with Gasteiger partial charge in [-0.1, -0.05) is 43.6 Å². The van der Waals surface area contributed by atoms with Gasteiger partial charge in [0, 0.05) is 55.3 Å². The van der Waals surface area contributed by atoms with Gasteiger partial charge >= 0.3 is 0 Å². The molecule has 0 aliphatic heterocycles. The van der Waals surface area contributed by atoms with E-state index >= 15 is 0 Å². The number of hydrogen-bond donors (Lipinski definition) is 0. The minimum absolute atomic E-state index is 0.0692. The Morgan fingerprint density at radius 3 is 2.45 bits per heavy atom. The predicted molar refractivity (Wildman–Crippen MR) is 149 cm³/mol. The van der Waals surface area contributed by atoms with Crippen molar-refractivity contribution in [3.63, 3.8) is 0 Å². The summed E-state index contributed by atoms with van der Waals surface area (Å²) in [5.74, 6) is -0.619. The third kappa shape index (κ3) is 8.71. The lowest BCUT2D eigenvalue weighted by molar-refractivity contribution is -0.133. The molecule has 3 rings (SSSR count). The first-order chi connectivity index (χ1) is 18.3. The number of amides is 2. The van der Waals surface area contributed by atoms with Crippen molar-refractivity contribution in [2.75, 3.05) is 32.8 Å². The van der Waals surface area contributed by atoms with E-state index in [1.54, 1.807) is 4.90 Å². The molecule has 0 radical (unpaired) electrons. The molecule has 0 saturated heterocycles. The first kappa shape index (κ1) is 29.4. The summed E-state index contributed by atoms with van der Waals surface area (Å²) < 4.78 is 21.0. The maximum atomic E-state index is 13.6. The SMILES string of the molecule is CCOCCCN(CC(=O)N(Cc1cccn1Cc1ccccc1Cl)CC(C)C)C(=O)c1ccc(F)cc1. The molecule has 0 N–H and O–H groups in total. The van der Waals surface area contributed by atoms with Crippen molar-refractivity contribution < 1.29 is 18.7 Å². The van der Waals surface area contributed by atoms with Crippen molar-refractivity contribution in [2.24, 2.45) is 5.92 Å². The molecule has 204 valence electrons. The number of carbonyl (C=O) groups is 2. The Bertz CT molecular complexity index is 1180. The highest BCUT2D eigenvalue weighted by Gasteiger charge is 2.24. The van der Waals surface area contributed by atoms with Gasteiger partial charge in [0.1, 0.15) is 12.4 Å². The Labute approximate surface area is 229 Å². The number of benzene rings is 2. The molecule has 0 aliphatic carbocycles. The van der Waals surface area contributed by atoms with Crippen LogP contribution in [0.4, 0.5) is 4.39 Å². The molecule has 0 saturated carbocycles. The van der Waals surface area contributed by atoms with Crippen LogP contribution in [0.2, 0.25) is 5.02 Å². The lowest BCUT2D eigenvalue weighted by Crippen LogP contribution is -2.44. The van der Waals surface area contributed by atoms with Crippen LogP contribution in [0.5, 0.6) is 0 Å². The standard InChI is InChI=1S/C30H37ClFN3O3/c1-4-38-18-8-17-34(30(37)24-12-14-26(32)15-13-24)22-29(36)35(19-23(2)3)21-27-10-7-16-33(27)20-25-9-5-6-11-28(25)31/h5-7,9-16,23H,4,8,17-22H2,1-3H3. The zero-order valence-electron chi connectivity index (χ0n) is 22.4. The average Bonchev–Trinajstić information content (AvgIpc) is 3.33. The van der Waals surface area contributed by atoms with Crippen LogP contribution in [0.1, 0.15) is 48.8 Å². The topological polar surface area (TPSA) is 54.8 Å². The van der Waals surface area contributed by atoms with E-state index in [9.17, 15) is 14.0 Å². The molecule has 0 bridgehead atoms. The normalized spacial score (nSPS) is 11.1. The number of rotatable bonds is 14. The third-order valence-corrected chi connectivity index (χ3v) is 6.51. The lowest BCUT2D eigenvalue weighted by atomic mass is 10.1. The van der Waals surface area contributed by atoms with Crippen LogP contribution < -0.4 is 0 Å². The monoisotopic (exact) mass is 541 g/mol. The number of carbonyl (C=O) groups excluding carboxylic acids is 2. The zero-order chi connectivity index (χ0) is 27.5. The number of hydrogen-bond acceptors (Lipinski definition) is 3. The van der Waals surface area contributed by atoms with Crippen LogP contribution in [-0.4, -0.2) is 59.0 Å². The van der Waals surface area contributed by atoms with Gasteiger partial charge in [-0.25, -0.2) is 4.39 Å². The number of nitrogens with zero attached hydrogens (tertiary/aromatic N) is 3. The van der Waals surface area contributed by atoms with Crippen LogP contribution >= 0.6 is 11.6 Å². The van der Waals surface area contributed by atoms with Gasteiger partial charge in [-0.15, -0.1) is 0 Å². The molecular formula is C30H37ClFN3O3. The van der Waals surface area contributed by atoms with Crippen molar-refractivity contribution in [3.8, 4) is 0 Å². The van der Waals surface area contributed by atoms with Gasteiger partial charge < -0.3 is 19.1 Å². The minimum atomic E-state index is -0.413. The largest absolute Gasteiger partial charge is 0.382 e. The first-order valence-corrected chi connectivity index (χ1v) is 13.4. The highest BCUT2D eigenvalue weighted by atomic mass is 35.5. The van der Waals surface area contributed by atoms with E-state index < -0.39 is 5.82 Å². The molecule has 0 aliphatic rings. The van der Waals surface area contributed by atoms with E-state index in [0.717, 1.165) is 11.3 Å². The maximum absolute atomic E-state index is 13.6. The van der Waals surface area contributed by atoms with E-state index in [2.05, 4.69) is 18.4 Å². The van der Waals surface area contributed by atoms with E-state index in [-0.39, 0.29) is 24.3 Å². The van der Waals surface area contributed by atoms with Gasteiger partial charge in [0.25, 0.3) is 5.91 Å². The molecule has 1 heterocycles. The quantitative estimate of drug-likeness (QED) is 0.239. The lowest BCUT2D eigenvalue weighted by Gasteiger charge is -2.29. The molecule has 38 heavy (non-hydrogen) atoms. The summed E-state index contributed by atoms with van der Waals surface area (Å²) in [6, 6.07) is 17.1. The molecule has 8 heteroatoms. The summed E-state index contributed by atoms with van der Waals surface area (Å²) in [5.41, 5.74) is 2.32. The predicted octanol–water partition coefficient (Wildman–Crippen LogP) is 5.88. The molecular weight excluding hydrogens is 505 g/mol. The van der Waals surface area contributed by atoms with Gasteiger partial charge in [-0.2, -0.15) is 0 Å². The Morgan fingerprint density at radius 2 is 1.76 bits per heavy atom. The van der Waals surface area contributed by atoms with Crippen LogP contribution in [-0.2, 0) is 22.6 Å². The Kier molecular flexibility index (Phi) is 11.4. The van der Waals surface area contributed by atoms with Crippen LogP contribution in [0, 0.1) is 11.7 Å². The number of halogens is 2. The molecule has 0 atom stereocenters. The van der Waals surface area contributed by atoms with Gasteiger partial charge in [0.2, 0.25) is 5.91 Å². The summed E-state index contributed by atoms with van der Waals surface area (Å²) in [7, 11) is 0. The summed E-state index contributed by atoms with van der Waals surface area (Å²) in [5, 5.41) is 0.698. The summed E-state index contributed by atoms with van der Waals surface area (Å²) in [6.45, 7) is 8.96. The van der Waals surface area contributed by atoms with Crippen molar-refractivity contribution in [3.05, 3.63) is 94.5 Å². The number of aromatic nitrogens is 1. The van der Waals surface area contributed by atoms with Crippen molar-refractivity contribution in [2.45, 2.75) is 40.3 Å². The molecule has 2 aromatic carbocycles. The van der Waals surface area contributed by atoms with Gasteiger partial charge in [0.15, 0.2) is 0 Å². The van der Waals surface area contributed by atoms with Crippen molar-refractivity contribution in [1.82, 2.24) is 14.4 Å². The van der Waals surface area contributed by atoms with Gasteiger partial charge in [-0.05, 0) is 67.3 Å². The number of ether oxygens (including phenoxy) is 1. The molecule has 3 aromatic rings. The maximum Gasteiger partial charge on any atom is 0.254 e. The smallest absolute Gasteiger partial charge is 0.254 e. The molecule has 2 amide bonds. The second-order valence-electron chi connectivity index (χ2n) is 9.67.